The van der Waals surface area contributed by atoms with Crippen LogP contribution in [0.1, 0.15) is 30.9 Å². The summed E-state index contributed by atoms with van der Waals surface area (Å²) in [6.07, 6.45) is 2.38. The van der Waals surface area contributed by atoms with Crippen molar-refractivity contribution in [2.24, 2.45) is 5.92 Å². The molecule has 2 heterocycles. The van der Waals surface area contributed by atoms with Crippen LogP contribution in [0.5, 0.6) is 0 Å². The van der Waals surface area contributed by atoms with E-state index in [4.69, 9.17) is 9.47 Å². The van der Waals surface area contributed by atoms with Crippen LogP contribution < -0.4 is 0 Å². The lowest BCUT2D eigenvalue weighted by Gasteiger charge is -2.46. The third-order valence-electron chi connectivity index (χ3n) is 6.01. The molecule has 0 radical (unpaired) electrons. The minimum Gasteiger partial charge on any atom is -0.377 e. The summed E-state index contributed by atoms with van der Waals surface area (Å²) < 4.78 is 52.5. The third-order valence-corrected chi connectivity index (χ3v) is 7.91. The maximum Gasteiger partial charge on any atom is 0.243 e. The normalized spacial score (nSPS) is 21.1. The highest BCUT2D eigenvalue weighted by molar-refractivity contribution is 7.89. The monoisotopic (exact) mass is 433 g/mol. The number of ether oxygens (including phenoxy) is 2. The molecule has 0 aliphatic carbocycles. The Morgan fingerprint density at radius 3 is 2.77 bits per heavy atom. The van der Waals surface area contributed by atoms with Gasteiger partial charge in [0.15, 0.2) is 0 Å². The molecule has 2 aliphatic rings. The van der Waals surface area contributed by atoms with Crippen molar-refractivity contribution >= 4 is 10.0 Å². The molecule has 2 saturated heterocycles. The van der Waals surface area contributed by atoms with E-state index in [9.17, 15) is 12.8 Å². The van der Waals surface area contributed by atoms with Crippen LogP contribution in [0.3, 0.4) is 0 Å². The lowest BCUT2D eigenvalue weighted by molar-refractivity contribution is -0.0774. The van der Waals surface area contributed by atoms with Crippen molar-refractivity contribution in [3.05, 3.63) is 65.5 Å². The van der Waals surface area contributed by atoms with Crippen LogP contribution in [0.25, 0.3) is 0 Å². The van der Waals surface area contributed by atoms with Gasteiger partial charge in [-0.3, -0.25) is 0 Å². The predicted molar refractivity (Wildman–Crippen MR) is 112 cm³/mol. The Kier molecular flexibility index (Phi) is 6.25. The zero-order valence-corrected chi connectivity index (χ0v) is 18.0. The number of benzene rings is 2. The van der Waals surface area contributed by atoms with Crippen molar-refractivity contribution in [1.82, 2.24) is 4.31 Å². The van der Waals surface area contributed by atoms with Crippen LogP contribution in [0.2, 0.25) is 0 Å². The van der Waals surface area contributed by atoms with Crippen molar-refractivity contribution in [3.8, 4) is 0 Å². The molecule has 0 bridgehead atoms. The molecular weight excluding hydrogens is 405 g/mol. The van der Waals surface area contributed by atoms with E-state index in [1.54, 1.807) is 18.2 Å². The zero-order chi connectivity index (χ0) is 21.2. The second kappa shape index (κ2) is 8.75. The van der Waals surface area contributed by atoms with Crippen molar-refractivity contribution < 1.29 is 22.3 Å². The van der Waals surface area contributed by atoms with Crippen molar-refractivity contribution in [3.63, 3.8) is 0 Å². The first kappa shape index (κ1) is 21.4. The van der Waals surface area contributed by atoms with Crippen LogP contribution in [0.4, 0.5) is 4.39 Å². The molecular formula is C23H28FNO4S. The first-order valence-corrected chi connectivity index (χ1v) is 11.9. The van der Waals surface area contributed by atoms with Gasteiger partial charge in [-0.15, -0.1) is 0 Å². The minimum atomic E-state index is -3.48. The molecule has 162 valence electrons. The molecule has 1 unspecified atom stereocenters. The van der Waals surface area contributed by atoms with Crippen molar-refractivity contribution in [1.29, 1.82) is 0 Å². The van der Waals surface area contributed by atoms with E-state index in [1.807, 2.05) is 25.1 Å². The number of nitrogens with zero attached hydrogens (tertiary/aromatic N) is 1. The highest BCUT2D eigenvalue weighted by Gasteiger charge is 2.53. The Morgan fingerprint density at radius 2 is 2.00 bits per heavy atom. The van der Waals surface area contributed by atoms with Gasteiger partial charge >= 0.3 is 0 Å². The Balaban J connectivity index is 1.25. The highest BCUT2D eigenvalue weighted by atomic mass is 32.2. The minimum absolute atomic E-state index is 0.256. The van der Waals surface area contributed by atoms with Gasteiger partial charge in [0.1, 0.15) is 5.82 Å². The van der Waals surface area contributed by atoms with Crippen LogP contribution >= 0.6 is 0 Å². The fourth-order valence-corrected chi connectivity index (χ4v) is 6.25. The molecule has 0 amide bonds. The largest absolute Gasteiger partial charge is 0.377 e. The maximum absolute atomic E-state index is 13.2. The quantitative estimate of drug-likeness (QED) is 0.595. The molecule has 2 aliphatic heterocycles. The maximum atomic E-state index is 13.2. The van der Waals surface area contributed by atoms with Gasteiger partial charge in [0, 0.05) is 19.7 Å². The van der Waals surface area contributed by atoms with Crippen molar-refractivity contribution in [2.75, 3.05) is 26.3 Å². The molecule has 1 atom stereocenters. The molecule has 2 fully saturated rings. The van der Waals surface area contributed by atoms with Crippen LogP contribution in [-0.2, 0) is 32.5 Å². The van der Waals surface area contributed by atoms with E-state index in [1.165, 1.54) is 16.4 Å². The smallest absolute Gasteiger partial charge is 0.243 e. The van der Waals surface area contributed by atoms with E-state index >= 15 is 0 Å². The highest BCUT2D eigenvalue weighted by Crippen LogP contribution is 2.41. The lowest BCUT2D eigenvalue weighted by atomic mass is 9.88. The molecule has 4 rings (SSSR count). The van der Waals surface area contributed by atoms with Gasteiger partial charge in [-0.25, -0.2) is 12.8 Å². The summed E-state index contributed by atoms with van der Waals surface area (Å²) in [5.41, 5.74) is 1.31. The molecule has 2 aromatic rings. The van der Waals surface area contributed by atoms with Gasteiger partial charge < -0.3 is 9.47 Å². The summed E-state index contributed by atoms with van der Waals surface area (Å²) in [5.74, 6) is 0.0959. The van der Waals surface area contributed by atoms with E-state index in [2.05, 4.69) is 0 Å². The average Bonchev–Trinajstić information content (AvgIpc) is 3.15. The molecule has 7 heteroatoms. The summed E-state index contributed by atoms with van der Waals surface area (Å²) >= 11 is 0. The van der Waals surface area contributed by atoms with Gasteiger partial charge in [0.2, 0.25) is 10.0 Å². The summed E-state index contributed by atoms with van der Waals surface area (Å²) in [4.78, 5) is 0.405. The Labute approximate surface area is 177 Å². The number of sulfonamides is 1. The number of rotatable bonds is 8. The first-order valence-electron chi connectivity index (χ1n) is 10.5. The fraction of sp³-hybridized carbons (Fsp3) is 0.478. The Morgan fingerprint density at radius 1 is 1.20 bits per heavy atom. The van der Waals surface area contributed by atoms with E-state index in [-0.39, 0.29) is 11.4 Å². The van der Waals surface area contributed by atoms with E-state index in [0.29, 0.717) is 50.1 Å². The first-order chi connectivity index (χ1) is 14.4. The number of hydrogen-bond acceptors (Lipinski definition) is 4. The second-order valence-electron chi connectivity index (χ2n) is 8.27. The van der Waals surface area contributed by atoms with E-state index < -0.39 is 10.0 Å². The summed E-state index contributed by atoms with van der Waals surface area (Å²) in [6, 6.07) is 13.6. The predicted octanol–water partition coefficient (Wildman–Crippen LogP) is 3.77. The SMILES string of the molecule is CCc1ccccc1S(=O)(=O)N1CC2(CC(CCOCc3cccc(F)c3)CO2)C1. The Bertz CT molecular complexity index is 988. The van der Waals surface area contributed by atoms with Crippen molar-refractivity contribution in [2.45, 2.75) is 43.3 Å². The van der Waals surface area contributed by atoms with Gasteiger partial charge in [0.25, 0.3) is 0 Å². The summed E-state index contributed by atoms with van der Waals surface area (Å²) in [6.45, 7) is 4.38. The summed E-state index contributed by atoms with van der Waals surface area (Å²) in [5, 5.41) is 0. The molecule has 0 N–H and O–H groups in total. The summed E-state index contributed by atoms with van der Waals surface area (Å²) in [7, 11) is -3.48. The van der Waals surface area contributed by atoms with Crippen LogP contribution in [0.15, 0.2) is 53.4 Å². The molecule has 2 aromatic carbocycles. The van der Waals surface area contributed by atoms with Gasteiger partial charge in [-0.05, 0) is 54.5 Å². The lowest BCUT2D eigenvalue weighted by Crippen LogP contribution is -2.63. The van der Waals surface area contributed by atoms with Gasteiger partial charge in [-0.2, -0.15) is 4.31 Å². The van der Waals surface area contributed by atoms with Crippen LogP contribution in [0, 0.1) is 11.7 Å². The van der Waals surface area contributed by atoms with E-state index in [0.717, 1.165) is 24.0 Å². The fourth-order valence-electron chi connectivity index (χ4n) is 4.36. The van der Waals surface area contributed by atoms with Gasteiger partial charge in [0.05, 0.1) is 23.7 Å². The molecule has 0 aromatic heterocycles. The molecule has 0 saturated carbocycles. The molecule has 5 nitrogen and oxygen atoms in total. The zero-order valence-electron chi connectivity index (χ0n) is 17.2. The molecule has 30 heavy (non-hydrogen) atoms. The number of hydrogen-bond donors (Lipinski definition) is 0. The van der Waals surface area contributed by atoms with Gasteiger partial charge in [-0.1, -0.05) is 37.3 Å². The number of halogens is 1. The number of aryl methyl sites for hydroxylation is 1. The average molecular weight is 434 g/mol. The Hall–Kier alpha value is -1.80. The van der Waals surface area contributed by atoms with Crippen LogP contribution in [-0.4, -0.2) is 44.6 Å². The third kappa shape index (κ3) is 4.44. The molecule has 1 spiro atoms. The second-order valence-corrected chi connectivity index (χ2v) is 10.2. The standard InChI is InChI=1S/C23H28FNO4S/c1-2-20-7-3-4-9-22(20)30(26,27)25-16-23(17-25)13-19(15-29-23)10-11-28-14-18-6-5-8-21(24)12-18/h3-9,12,19H,2,10-11,13-17H2,1H3. The topological polar surface area (TPSA) is 55.8 Å².